The van der Waals surface area contributed by atoms with Crippen molar-refractivity contribution in [3.05, 3.63) is 11.6 Å². The maximum absolute atomic E-state index is 12.6. The number of aliphatic hydroxyl groups excluding tert-OH is 13. The lowest BCUT2D eigenvalue weighted by Gasteiger charge is -2.71. The van der Waals surface area contributed by atoms with Crippen LogP contribution < -0.4 is 0 Å². The van der Waals surface area contributed by atoms with Crippen LogP contribution in [0.15, 0.2) is 11.6 Å². The van der Waals surface area contributed by atoms with E-state index in [1.807, 2.05) is 26.8 Å². The second-order valence-electron chi connectivity index (χ2n) is 22.8. The van der Waals surface area contributed by atoms with Crippen molar-refractivity contribution in [2.24, 2.45) is 45.3 Å². The standard InChI is InChI=1S/C48H82O20/c1-22(20-63-41-37(60)34(57)31(54)26(17-49)64-41)8-7-13-48(62,21-52)24-11-15-46(5)23(24)9-10-29-45(4)14-12-30(44(2,3)40(45)25(53)16-47(29,46)6)67-43-39(36(59)33(56)28(19-51)66-43)68-42-38(61)35(58)32(55)27(18-50)65-42/h8,23-43,49-62H,7,9-21H2,1-6H3/b22-8+/t23-,24+,25+,26-,27-,28-,29-,30+,31-,32-,33-,34+,35+,36+,37-,38-,39-,40+,41-,42+,43+,45-,46-,47-,48-/m1/s1. The quantitative estimate of drug-likeness (QED) is 0.0618. The largest absolute Gasteiger partial charge is 0.394 e. The molecule has 3 heterocycles. The highest BCUT2D eigenvalue weighted by Crippen LogP contribution is 2.76. The fourth-order valence-electron chi connectivity index (χ4n) is 15.0. The average Bonchev–Trinajstić information content (AvgIpc) is 3.66. The molecule has 68 heavy (non-hydrogen) atoms. The second-order valence-corrected chi connectivity index (χ2v) is 22.8. The van der Waals surface area contributed by atoms with Crippen LogP contribution in [0, 0.1) is 45.3 Å². The van der Waals surface area contributed by atoms with Crippen LogP contribution in [0.2, 0.25) is 0 Å². The van der Waals surface area contributed by atoms with Crippen molar-refractivity contribution in [3.63, 3.8) is 0 Å². The molecule has 4 aliphatic carbocycles. The molecule has 7 aliphatic rings. The van der Waals surface area contributed by atoms with E-state index in [-0.39, 0.29) is 52.9 Å². The minimum atomic E-state index is -1.81. The Morgan fingerprint density at radius 2 is 1.19 bits per heavy atom. The number of allylic oxidation sites excluding steroid dienone is 1. The van der Waals surface area contributed by atoms with E-state index in [0.29, 0.717) is 32.1 Å². The van der Waals surface area contributed by atoms with Gasteiger partial charge in [0, 0.05) is 0 Å². The minimum absolute atomic E-state index is 0.0160. The Morgan fingerprint density at radius 3 is 1.78 bits per heavy atom. The van der Waals surface area contributed by atoms with Gasteiger partial charge in [0.1, 0.15) is 73.2 Å². The van der Waals surface area contributed by atoms with Gasteiger partial charge in [-0.15, -0.1) is 0 Å². The summed E-state index contributed by atoms with van der Waals surface area (Å²) in [6, 6.07) is 0. The van der Waals surface area contributed by atoms with Crippen LogP contribution in [0.1, 0.15) is 99.3 Å². The van der Waals surface area contributed by atoms with E-state index in [4.69, 9.17) is 28.4 Å². The van der Waals surface area contributed by atoms with Gasteiger partial charge in [-0.1, -0.05) is 46.3 Å². The van der Waals surface area contributed by atoms with Gasteiger partial charge in [-0.3, -0.25) is 0 Å². The van der Waals surface area contributed by atoms with E-state index in [9.17, 15) is 71.5 Å². The van der Waals surface area contributed by atoms with Gasteiger partial charge in [0.15, 0.2) is 18.9 Å². The molecule has 0 amide bonds. The van der Waals surface area contributed by atoms with Crippen LogP contribution in [0.3, 0.4) is 0 Å². The Bertz CT molecular complexity index is 1720. The predicted molar refractivity (Wildman–Crippen MR) is 236 cm³/mol. The number of fused-ring (bicyclic) bond motifs is 5. The van der Waals surface area contributed by atoms with Crippen LogP contribution in [0.25, 0.3) is 0 Å². The van der Waals surface area contributed by atoms with E-state index in [0.717, 1.165) is 24.8 Å². The molecule has 0 spiro atoms. The van der Waals surface area contributed by atoms with E-state index in [1.165, 1.54) is 0 Å². The zero-order chi connectivity index (χ0) is 50.1. The Labute approximate surface area is 398 Å². The molecular formula is C48H82O20. The summed E-state index contributed by atoms with van der Waals surface area (Å²) in [5.74, 6) is -0.256. The average molecular weight is 979 g/mol. The van der Waals surface area contributed by atoms with Crippen molar-refractivity contribution in [1.29, 1.82) is 0 Å². The van der Waals surface area contributed by atoms with Crippen molar-refractivity contribution < 1.29 is 99.9 Å². The summed E-state index contributed by atoms with van der Waals surface area (Å²) in [6.07, 6.45) is -16.8. The van der Waals surface area contributed by atoms with Gasteiger partial charge >= 0.3 is 0 Å². The van der Waals surface area contributed by atoms with E-state index >= 15 is 0 Å². The van der Waals surface area contributed by atoms with Gasteiger partial charge in [-0.2, -0.15) is 0 Å². The molecule has 7 rings (SSSR count). The molecule has 0 aromatic rings. The smallest absolute Gasteiger partial charge is 0.187 e. The molecule has 394 valence electrons. The molecule has 0 bridgehead atoms. The first-order valence-electron chi connectivity index (χ1n) is 24.7. The van der Waals surface area contributed by atoms with Crippen molar-refractivity contribution in [2.45, 2.75) is 209 Å². The maximum atomic E-state index is 12.6. The third kappa shape index (κ3) is 9.30. The zero-order valence-electron chi connectivity index (χ0n) is 40.3. The van der Waals surface area contributed by atoms with Crippen LogP contribution in [0.4, 0.5) is 0 Å². The zero-order valence-corrected chi connectivity index (χ0v) is 40.3. The molecule has 20 nitrogen and oxygen atoms in total. The minimum Gasteiger partial charge on any atom is -0.394 e. The van der Waals surface area contributed by atoms with Crippen molar-refractivity contribution in [3.8, 4) is 0 Å². The highest BCUT2D eigenvalue weighted by molar-refractivity contribution is 5.20. The number of hydrogen-bond acceptors (Lipinski definition) is 20. The fourth-order valence-corrected chi connectivity index (χ4v) is 15.0. The molecule has 25 atom stereocenters. The Morgan fingerprint density at radius 1 is 0.632 bits per heavy atom. The number of ether oxygens (including phenoxy) is 6. The molecular weight excluding hydrogens is 897 g/mol. The number of hydrogen-bond donors (Lipinski definition) is 14. The fraction of sp³-hybridized carbons (Fsp3) is 0.958. The molecule has 0 aromatic carbocycles. The molecule has 0 radical (unpaired) electrons. The van der Waals surface area contributed by atoms with Gasteiger partial charge in [0.2, 0.25) is 0 Å². The lowest BCUT2D eigenvalue weighted by Crippen LogP contribution is -2.69. The van der Waals surface area contributed by atoms with E-state index in [2.05, 4.69) is 20.8 Å². The molecule has 3 saturated heterocycles. The summed E-state index contributed by atoms with van der Waals surface area (Å²) in [5, 5.41) is 149. The summed E-state index contributed by atoms with van der Waals surface area (Å²) < 4.78 is 35.4. The van der Waals surface area contributed by atoms with Crippen molar-refractivity contribution in [2.75, 3.05) is 33.0 Å². The lowest BCUT2D eigenvalue weighted by atomic mass is 9.35. The highest BCUT2D eigenvalue weighted by Gasteiger charge is 2.72. The van der Waals surface area contributed by atoms with Gasteiger partial charge in [-0.05, 0) is 110 Å². The molecule has 7 fully saturated rings. The third-order valence-corrected chi connectivity index (χ3v) is 18.8. The molecule has 14 N–H and O–H groups in total. The van der Waals surface area contributed by atoms with Gasteiger partial charge in [0.05, 0.1) is 50.8 Å². The van der Waals surface area contributed by atoms with Crippen molar-refractivity contribution in [1.82, 2.24) is 0 Å². The SMILES string of the molecule is C/C(=C\CC[C@@](O)(CO)[C@H]1CC[C@]2(C)[C@@H]1CC[C@@H]1[C@@]3(C)CC[C@H](O[C@@H]4O[C@H](CO)[C@@H](O)[C@H](O)[C@H]4O[C@@H]4O[C@H](CO)[C@@H](O)[C@H](O)[C@H]4O)C(C)(C)[C@@H]3[C@@H](O)C[C@]12C)CO[C@@H]1O[C@H](CO)[C@@H](O)[C@H](O)[C@H]1O. The Kier molecular flexibility index (Phi) is 16.6. The summed E-state index contributed by atoms with van der Waals surface area (Å²) in [7, 11) is 0. The van der Waals surface area contributed by atoms with Gasteiger partial charge < -0.3 is 99.9 Å². The summed E-state index contributed by atoms with van der Waals surface area (Å²) in [5.41, 5.74) is -2.37. The van der Waals surface area contributed by atoms with Crippen LogP contribution in [-0.2, 0) is 28.4 Å². The second kappa shape index (κ2) is 20.7. The van der Waals surface area contributed by atoms with Crippen LogP contribution in [0.5, 0.6) is 0 Å². The maximum Gasteiger partial charge on any atom is 0.187 e. The first kappa shape index (κ1) is 54.7. The molecule has 4 saturated carbocycles. The molecule has 0 aromatic heterocycles. The normalized spacial score (nSPS) is 51.6. The van der Waals surface area contributed by atoms with E-state index < -0.39 is 142 Å². The van der Waals surface area contributed by atoms with Crippen LogP contribution in [-0.4, -0.2) is 214 Å². The van der Waals surface area contributed by atoms with Gasteiger partial charge in [-0.25, -0.2) is 0 Å². The first-order chi connectivity index (χ1) is 31.9. The monoisotopic (exact) mass is 979 g/mol. The first-order valence-corrected chi connectivity index (χ1v) is 24.7. The van der Waals surface area contributed by atoms with E-state index in [1.54, 1.807) is 0 Å². The summed E-state index contributed by atoms with van der Waals surface area (Å²) in [6.45, 7) is 10.4. The van der Waals surface area contributed by atoms with Crippen LogP contribution >= 0.6 is 0 Å². The third-order valence-electron chi connectivity index (χ3n) is 18.8. The molecule has 0 unspecified atom stereocenters. The Balaban J connectivity index is 1.04. The highest BCUT2D eigenvalue weighted by atomic mass is 16.8. The Hall–Kier alpha value is -1.06. The number of rotatable bonds is 15. The van der Waals surface area contributed by atoms with Gasteiger partial charge in [0.25, 0.3) is 0 Å². The molecule has 20 heteroatoms. The predicted octanol–water partition coefficient (Wildman–Crippen LogP) is -2.08. The molecule has 3 aliphatic heterocycles. The summed E-state index contributed by atoms with van der Waals surface area (Å²) in [4.78, 5) is 0. The summed E-state index contributed by atoms with van der Waals surface area (Å²) >= 11 is 0. The number of aliphatic hydroxyl groups is 14. The van der Waals surface area contributed by atoms with Crippen molar-refractivity contribution >= 4 is 0 Å². The lowest BCUT2D eigenvalue weighted by molar-refractivity contribution is -0.379. The topological polar surface area (TPSA) is 339 Å².